The number of rotatable bonds is 6. The highest BCUT2D eigenvalue weighted by atomic mass is 16.3. The van der Waals surface area contributed by atoms with Crippen LogP contribution in [-0.4, -0.2) is 5.11 Å². The number of nitrogens with one attached hydrogen (secondary N) is 1. The monoisotopic (exact) mass is 303 g/mol. The highest BCUT2D eigenvalue weighted by molar-refractivity contribution is 5.45. The SMILES string of the molecule is O[C@@H](C[C@@H](Nc1ccccc1)c1ccccc1)c1ccccc1. The Morgan fingerprint density at radius 3 is 1.70 bits per heavy atom. The third-order valence-electron chi connectivity index (χ3n) is 3.96. The van der Waals surface area contributed by atoms with Gasteiger partial charge in [0.1, 0.15) is 0 Å². The van der Waals surface area contributed by atoms with E-state index in [1.165, 1.54) is 5.56 Å². The molecule has 0 aliphatic carbocycles. The van der Waals surface area contributed by atoms with Gasteiger partial charge in [-0.2, -0.15) is 0 Å². The highest BCUT2D eigenvalue weighted by Gasteiger charge is 2.17. The molecule has 0 radical (unpaired) electrons. The third kappa shape index (κ3) is 4.21. The maximum Gasteiger partial charge on any atom is 0.0812 e. The molecule has 3 rings (SSSR count). The molecule has 0 amide bonds. The van der Waals surface area contributed by atoms with Crippen LogP contribution in [-0.2, 0) is 0 Å². The summed E-state index contributed by atoms with van der Waals surface area (Å²) in [6.07, 6.45) is 0.112. The first-order valence-corrected chi connectivity index (χ1v) is 7.92. The molecule has 0 saturated carbocycles. The quantitative estimate of drug-likeness (QED) is 0.674. The number of para-hydroxylation sites is 1. The number of aliphatic hydroxyl groups is 1. The van der Waals surface area contributed by atoms with Crippen LogP contribution in [0.2, 0.25) is 0 Å². The van der Waals surface area contributed by atoms with E-state index >= 15 is 0 Å². The lowest BCUT2D eigenvalue weighted by atomic mass is 9.96. The second-order valence-electron chi connectivity index (χ2n) is 5.64. The molecule has 0 spiro atoms. The Kier molecular flexibility index (Phi) is 5.07. The van der Waals surface area contributed by atoms with E-state index in [-0.39, 0.29) is 6.04 Å². The highest BCUT2D eigenvalue weighted by Crippen LogP contribution is 2.29. The number of aliphatic hydroxyl groups excluding tert-OH is 1. The van der Waals surface area contributed by atoms with Gasteiger partial charge < -0.3 is 10.4 Å². The van der Waals surface area contributed by atoms with Crippen LogP contribution in [0.25, 0.3) is 0 Å². The van der Waals surface area contributed by atoms with Gasteiger partial charge in [-0.05, 0) is 23.3 Å². The van der Waals surface area contributed by atoms with Crippen molar-refractivity contribution in [3.8, 4) is 0 Å². The van der Waals surface area contributed by atoms with E-state index in [9.17, 15) is 5.11 Å². The van der Waals surface area contributed by atoms with Gasteiger partial charge in [0, 0.05) is 12.1 Å². The van der Waals surface area contributed by atoms with Gasteiger partial charge in [-0.1, -0.05) is 78.9 Å². The maximum atomic E-state index is 10.6. The van der Waals surface area contributed by atoms with E-state index in [2.05, 4.69) is 17.4 Å². The molecule has 0 aromatic heterocycles. The van der Waals surface area contributed by atoms with Crippen molar-refractivity contribution in [2.75, 3.05) is 5.32 Å². The van der Waals surface area contributed by atoms with Gasteiger partial charge >= 0.3 is 0 Å². The summed E-state index contributed by atoms with van der Waals surface area (Å²) in [6.45, 7) is 0. The fourth-order valence-electron chi connectivity index (χ4n) is 2.73. The summed E-state index contributed by atoms with van der Waals surface area (Å²) in [5, 5.41) is 14.1. The Hall–Kier alpha value is -2.58. The van der Waals surface area contributed by atoms with E-state index in [1.54, 1.807) is 0 Å². The van der Waals surface area contributed by atoms with Crippen molar-refractivity contribution in [1.82, 2.24) is 0 Å². The fourth-order valence-corrected chi connectivity index (χ4v) is 2.73. The molecule has 0 aliphatic heterocycles. The molecular weight excluding hydrogens is 282 g/mol. The molecule has 2 heteroatoms. The molecule has 0 saturated heterocycles. The van der Waals surface area contributed by atoms with Crippen LogP contribution in [0, 0.1) is 0 Å². The first-order chi connectivity index (χ1) is 11.3. The molecule has 0 aliphatic rings. The summed E-state index contributed by atoms with van der Waals surface area (Å²) in [4.78, 5) is 0. The number of benzene rings is 3. The Morgan fingerprint density at radius 2 is 1.13 bits per heavy atom. The average molecular weight is 303 g/mol. The van der Waals surface area contributed by atoms with Crippen LogP contribution >= 0.6 is 0 Å². The van der Waals surface area contributed by atoms with Crippen molar-refractivity contribution < 1.29 is 5.11 Å². The standard InChI is InChI=1S/C21H21NO/c23-21(18-12-6-2-7-13-18)16-20(17-10-4-1-5-11-17)22-19-14-8-3-9-15-19/h1-15,20-23H,16H2/t20-,21+/m1/s1. The van der Waals surface area contributed by atoms with Crippen LogP contribution in [0.5, 0.6) is 0 Å². The summed E-state index contributed by atoms with van der Waals surface area (Å²) in [5.74, 6) is 0. The average Bonchev–Trinajstić information content (AvgIpc) is 2.63. The van der Waals surface area contributed by atoms with Gasteiger partial charge in [-0.3, -0.25) is 0 Å². The number of anilines is 1. The van der Waals surface area contributed by atoms with Crippen molar-refractivity contribution in [1.29, 1.82) is 0 Å². The second kappa shape index (κ2) is 7.61. The Morgan fingerprint density at radius 1 is 0.652 bits per heavy atom. The molecule has 0 fully saturated rings. The predicted octanol–water partition coefficient (Wildman–Crippen LogP) is 4.96. The molecule has 0 unspecified atom stereocenters. The summed E-state index contributed by atoms with van der Waals surface area (Å²) in [6, 6.07) is 30.3. The lowest BCUT2D eigenvalue weighted by molar-refractivity contribution is 0.160. The van der Waals surface area contributed by atoms with Gasteiger partial charge in [0.2, 0.25) is 0 Å². The summed E-state index contributed by atoms with van der Waals surface area (Å²) >= 11 is 0. The van der Waals surface area contributed by atoms with Gasteiger partial charge in [0.25, 0.3) is 0 Å². The molecule has 3 aromatic rings. The predicted molar refractivity (Wildman–Crippen MR) is 95.3 cm³/mol. The van der Waals surface area contributed by atoms with Crippen molar-refractivity contribution in [3.63, 3.8) is 0 Å². The van der Waals surface area contributed by atoms with Gasteiger partial charge in [-0.25, -0.2) is 0 Å². The Labute approximate surface area is 137 Å². The molecule has 2 atom stereocenters. The molecule has 2 nitrogen and oxygen atoms in total. The van der Waals surface area contributed by atoms with E-state index < -0.39 is 6.10 Å². The fraction of sp³-hybridized carbons (Fsp3) is 0.143. The van der Waals surface area contributed by atoms with Gasteiger partial charge in [0.05, 0.1) is 12.1 Å². The second-order valence-corrected chi connectivity index (χ2v) is 5.64. The zero-order chi connectivity index (χ0) is 15.9. The number of hydrogen-bond acceptors (Lipinski definition) is 2. The van der Waals surface area contributed by atoms with Crippen molar-refractivity contribution in [2.24, 2.45) is 0 Å². The summed E-state index contributed by atoms with van der Waals surface area (Å²) < 4.78 is 0. The molecular formula is C21H21NO. The normalized spacial score (nSPS) is 13.3. The van der Waals surface area contributed by atoms with Crippen molar-refractivity contribution in [3.05, 3.63) is 102 Å². The molecule has 0 heterocycles. The summed E-state index contributed by atoms with van der Waals surface area (Å²) in [5.41, 5.74) is 3.18. The third-order valence-corrected chi connectivity index (χ3v) is 3.96. The van der Waals surface area contributed by atoms with Gasteiger partial charge in [0.15, 0.2) is 0 Å². The lowest BCUT2D eigenvalue weighted by Crippen LogP contribution is -2.14. The molecule has 2 N–H and O–H groups in total. The minimum atomic E-state index is -0.502. The van der Waals surface area contributed by atoms with Crippen molar-refractivity contribution in [2.45, 2.75) is 18.6 Å². The van der Waals surface area contributed by atoms with Crippen LogP contribution in [0.1, 0.15) is 29.7 Å². The molecule has 23 heavy (non-hydrogen) atoms. The first-order valence-electron chi connectivity index (χ1n) is 7.92. The topological polar surface area (TPSA) is 32.3 Å². The van der Waals surface area contributed by atoms with Crippen LogP contribution in [0.3, 0.4) is 0 Å². The largest absolute Gasteiger partial charge is 0.388 e. The van der Waals surface area contributed by atoms with Crippen LogP contribution in [0.15, 0.2) is 91.0 Å². The van der Waals surface area contributed by atoms with Crippen LogP contribution in [0.4, 0.5) is 5.69 Å². The summed E-state index contributed by atoms with van der Waals surface area (Å²) in [7, 11) is 0. The molecule has 3 aromatic carbocycles. The minimum Gasteiger partial charge on any atom is -0.388 e. The van der Waals surface area contributed by atoms with E-state index in [0.717, 1.165) is 11.3 Å². The van der Waals surface area contributed by atoms with E-state index in [4.69, 9.17) is 0 Å². The first kappa shape index (κ1) is 15.3. The molecule has 0 bridgehead atoms. The van der Waals surface area contributed by atoms with Gasteiger partial charge in [-0.15, -0.1) is 0 Å². The number of hydrogen-bond donors (Lipinski definition) is 2. The zero-order valence-electron chi connectivity index (χ0n) is 13.0. The van der Waals surface area contributed by atoms with Crippen molar-refractivity contribution >= 4 is 5.69 Å². The minimum absolute atomic E-state index is 0.0498. The smallest absolute Gasteiger partial charge is 0.0812 e. The zero-order valence-corrected chi connectivity index (χ0v) is 13.0. The van der Waals surface area contributed by atoms with Crippen LogP contribution < -0.4 is 5.32 Å². The molecule has 116 valence electrons. The van der Waals surface area contributed by atoms with E-state index in [1.807, 2.05) is 78.9 Å². The lowest BCUT2D eigenvalue weighted by Gasteiger charge is -2.23. The Balaban J connectivity index is 1.81. The maximum absolute atomic E-state index is 10.6. The Bertz CT molecular complexity index is 698. The van der Waals surface area contributed by atoms with E-state index in [0.29, 0.717) is 6.42 Å².